The molecule has 0 saturated carbocycles. The number of carbonyl (C=O) groups is 2. The number of nitrogens with zero attached hydrogens (tertiary/aromatic N) is 5. The van der Waals surface area contributed by atoms with Gasteiger partial charge in [0.05, 0.1) is 5.56 Å². The highest BCUT2D eigenvalue weighted by molar-refractivity contribution is 5.96. The van der Waals surface area contributed by atoms with Crippen LogP contribution in [0.15, 0.2) is 61.1 Å². The van der Waals surface area contributed by atoms with Crippen LogP contribution in [0.3, 0.4) is 0 Å². The number of nitriles is 1. The van der Waals surface area contributed by atoms with Gasteiger partial charge in [-0.25, -0.2) is 4.98 Å². The molecule has 1 saturated heterocycles. The molecule has 1 atom stereocenters. The smallest absolute Gasteiger partial charge is 0.248 e. The van der Waals surface area contributed by atoms with Crippen LogP contribution < -0.4 is 15.5 Å². The van der Waals surface area contributed by atoms with Gasteiger partial charge >= 0.3 is 0 Å². The van der Waals surface area contributed by atoms with E-state index < -0.39 is 6.04 Å². The topological polar surface area (TPSA) is 116 Å². The molecule has 33 heavy (non-hydrogen) atoms. The number of benzene rings is 1. The summed E-state index contributed by atoms with van der Waals surface area (Å²) in [5.41, 5.74) is 1.78. The van der Waals surface area contributed by atoms with Crippen molar-refractivity contribution in [3.05, 3.63) is 66.6 Å². The second kappa shape index (κ2) is 9.96. The highest BCUT2D eigenvalue weighted by Gasteiger charge is 2.26. The second-order valence-electron chi connectivity index (χ2n) is 8.00. The monoisotopic (exact) mass is 443 g/mol. The highest BCUT2D eigenvalue weighted by atomic mass is 16.2. The lowest BCUT2D eigenvalue weighted by Crippen LogP contribution is -2.38. The van der Waals surface area contributed by atoms with E-state index in [0.717, 1.165) is 18.9 Å². The number of rotatable bonds is 6. The number of hydrogen-bond acceptors (Lipinski definition) is 6. The first kappa shape index (κ1) is 22.0. The Morgan fingerprint density at radius 2 is 1.88 bits per heavy atom. The fraction of sp³-hybridized carbons (Fsp3) is 0.292. The van der Waals surface area contributed by atoms with E-state index in [-0.39, 0.29) is 17.7 Å². The zero-order valence-electron chi connectivity index (χ0n) is 18.3. The van der Waals surface area contributed by atoms with Crippen LogP contribution in [-0.2, 0) is 9.59 Å². The summed E-state index contributed by atoms with van der Waals surface area (Å²) in [5, 5.41) is 18.8. The molecule has 2 N–H and O–H groups in total. The summed E-state index contributed by atoms with van der Waals surface area (Å²) in [7, 11) is 0. The molecule has 1 aromatic carbocycles. The molecule has 3 aromatic rings. The summed E-state index contributed by atoms with van der Waals surface area (Å²) in [6.07, 6.45) is 6.36. The molecule has 2 amide bonds. The van der Waals surface area contributed by atoms with E-state index in [1.165, 1.54) is 0 Å². The summed E-state index contributed by atoms with van der Waals surface area (Å²) in [6, 6.07) is 14.1. The largest absolute Gasteiger partial charge is 0.357 e. The second-order valence-corrected chi connectivity index (χ2v) is 8.00. The predicted octanol–water partition coefficient (Wildman–Crippen LogP) is 3.20. The van der Waals surface area contributed by atoms with Gasteiger partial charge in [-0.1, -0.05) is 6.07 Å². The molecule has 1 aliphatic rings. The summed E-state index contributed by atoms with van der Waals surface area (Å²) in [4.78, 5) is 31.8. The third kappa shape index (κ3) is 5.36. The summed E-state index contributed by atoms with van der Waals surface area (Å²) in [5.74, 6) is 0.500. The molecule has 4 rings (SSSR count). The minimum absolute atomic E-state index is 0.0316. The molecule has 9 nitrogen and oxygen atoms in total. The number of amides is 2. The van der Waals surface area contributed by atoms with Gasteiger partial charge in [-0.05, 0) is 56.2 Å². The highest BCUT2D eigenvalue weighted by Crippen LogP contribution is 2.24. The van der Waals surface area contributed by atoms with Gasteiger partial charge in [0.15, 0.2) is 0 Å². The zero-order valence-corrected chi connectivity index (χ0v) is 18.3. The fourth-order valence-corrected chi connectivity index (χ4v) is 3.81. The first-order valence-electron chi connectivity index (χ1n) is 10.9. The minimum Gasteiger partial charge on any atom is -0.357 e. The van der Waals surface area contributed by atoms with Crippen molar-refractivity contribution in [3.8, 4) is 6.07 Å². The van der Waals surface area contributed by atoms with Crippen LogP contribution in [0.5, 0.6) is 0 Å². The molecule has 2 aromatic heterocycles. The number of pyridine rings is 1. The lowest BCUT2D eigenvalue weighted by molar-refractivity contribution is -0.120. The molecule has 0 spiro atoms. The average Bonchev–Trinajstić information content (AvgIpc) is 3.39. The first-order chi connectivity index (χ1) is 16.0. The zero-order chi connectivity index (χ0) is 23.2. The first-order valence-corrected chi connectivity index (χ1v) is 10.9. The molecule has 168 valence electrons. The standard InChI is InChI=1S/C24H25N7O2/c1-17(31-11-3-10-27-31)23(32)28-20-4-2-5-21(14-20)29-24(33)19-8-12-30(13-9-19)22-7-6-18(15-25)16-26-22/h2-7,10-11,14,16-17,19H,8-9,12-13H2,1H3,(H,28,32)(H,29,33). The maximum absolute atomic E-state index is 12.8. The van der Waals surface area contributed by atoms with Gasteiger partial charge in [-0.3, -0.25) is 14.3 Å². The van der Waals surface area contributed by atoms with Gasteiger partial charge in [0.25, 0.3) is 0 Å². The number of aromatic nitrogens is 3. The van der Waals surface area contributed by atoms with Gasteiger partial charge in [-0.15, -0.1) is 0 Å². The van der Waals surface area contributed by atoms with Crippen LogP contribution in [0.2, 0.25) is 0 Å². The Hall–Kier alpha value is -4.19. The van der Waals surface area contributed by atoms with E-state index in [1.807, 2.05) is 6.07 Å². The third-order valence-corrected chi connectivity index (χ3v) is 5.77. The van der Waals surface area contributed by atoms with Crippen LogP contribution in [0.1, 0.15) is 31.4 Å². The SMILES string of the molecule is CC(C(=O)Nc1cccc(NC(=O)C2CCN(c3ccc(C#N)cn3)CC2)c1)n1cccn1. The molecular weight excluding hydrogens is 418 g/mol. The molecule has 0 bridgehead atoms. The third-order valence-electron chi connectivity index (χ3n) is 5.77. The molecule has 1 fully saturated rings. The van der Waals surface area contributed by atoms with Crippen molar-refractivity contribution < 1.29 is 9.59 Å². The van der Waals surface area contributed by atoms with E-state index in [1.54, 1.807) is 66.6 Å². The molecular formula is C24H25N7O2. The van der Waals surface area contributed by atoms with Crippen molar-refractivity contribution in [2.24, 2.45) is 5.92 Å². The molecule has 9 heteroatoms. The van der Waals surface area contributed by atoms with Crippen molar-refractivity contribution in [3.63, 3.8) is 0 Å². The van der Waals surface area contributed by atoms with Crippen LogP contribution in [0, 0.1) is 17.2 Å². The Morgan fingerprint density at radius 1 is 1.12 bits per heavy atom. The lowest BCUT2D eigenvalue weighted by Gasteiger charge is -2.32. The van der Waals surface area contributed by atoms with Crippen LogP contribution in [-0.4, -0.2) is 39.7 Å². The van der Waals surface area contributed by atoms with Gasteiger partial charge in [0.2, 0.25) is 11.8 Å². The van der Waals surface area contributed by atoms with Crippen molar-refractivity contribution in [1.29, 1.82) is 5.26 Å². The normalized spacial score (nSPS) is 14.8. The van der Waals surface area contributed by atoms with Gasteiger partial charge in [0, 0.05) is 49.0 Å². The lowest BCUT2D eigenvalue weighted by atomic mass is 9.95. The number of carbonyl (C=O) groups excluding carboxylic acids is 2. The van der Waals surface area contributed by atoms with Gasteiger partial charge in [0.1, 0.15) is 17.9 Å². The number of hydrogen-bond donors (Lipinski definition) is 2. The molecule has 1 unspecified atom stereocenters. The summed E-state index contributed by atoms with van der Waals surface area (Å²) < 4.78 is 1.58. The number of piperidine rings is 1. The van der Waals surface area contributed by atoms with Crippen molar-refractivity contribution in [1.82, 2.24) is 14.8 Å². The van der Waals surface area contributed by atoms with E-state index in [2.05, 4.69) is 31.7 Å². The Balaban J connectivity index is 1.31. The van der Waals surface area contributed by atoms with E-state index in [4.69, 9.17) is 5.26 Å². The average molecular weight is 444 g/mol. The molecule has 0 aliphatic carbocycles. The van der Waals surface area contributed by atoms with Crippen molar-refractivity contribution in [2.75, 3.05) is 28.6 Å². The van der Waals surface area contributed by atoms with Gasteiger partial charge in [-0.2, -0.15) is 10.4 Å². The van der Waals surface area contributed by atoms with E-state index >= 15 is 0 Å². The van der Waals surface area contributed by atoms with Crippen LogP contribution in [0.25, 0.3) is 0 Å². The van der Waals surface area contributed by atoms with Gasteiger partial charge < -0.3 is 15.5 Å². The minimum atomic E-state index is -0.450. The maximum Gasteiger partial charge on any atom is 0.248 e. The molecule has 0 radical (unpaired) electrons. The van der Waals surface area contributed by atoms with E-state index in [9.17, 15) is 9.59 Å². The maximum atomic E-state index is 12.8. The molecule has 1 aliphatic heterocycles. The summed E-state index contributed by atoms with van der Waals surface area (Å²) in [6.45, 7) is 3.21. The quantitative estimate of drug-likeness (QED) is 0.604. The van der Waals surface area contributed by atoms with E-state index in [0.29, 0.717) is 29.8 Å². The Labute approximate surface area is 192 Å². The fourth-order valence-electron chi connectivity index (χ4n) is 3.81. The van der Waals surface area contributed by atoms with Crippen molar-refractivity contribution in [2.45, 2.75) is 25.8 Å². The van der Waals surface area contributed by atoms with Crippen LogP contribution >= 0.6 is 0 Å². The Bertz CT molecular complexity index is 1140. The van der Waals surface area contributed by atoms with Crippen molar-refractivity contribution >= 4 is 29.0 Å². The Morgan fingerprint density at radius 3 is 2.52 bits per heavy atom. The number of anilines is 3. The predicted molar refractivity (Wildman–Crippen MR) is 125 cm³/mol. The number of nitrogens with one attached hydrogen (secondary N) is 2. The summed E-state index contributed by atoms with van der Waals surface area (Å²) >= 11 is 0. The Kier molecular flexibility index (Phi) is 6.64. The molecule has 3 heterocycles. The van der Waals surface area contributed by atoms with Crippen LogP contribution in [0.4, 0.5) is 17.2 Å².